The lowest BCUT2D eigenvalue weighted by atomic mass is 10.0. The zero-order valence-corrected chi connectivity index (χ0v) is 12.6. The van der Waals surface area contributed by atoms with Crippen molar-refractivity contribution in [3.05, 3.63) is 71.8 Å². The molecule has 0 aliphatic carbocycles. The van der Waals surface area contributed by atoms with Gasteiger partial charge in [-0.3, -0.25) is 4.79 Å². The third kappa shape index (κ3) is 2.66. The van der Waals surface area contributed by atoms with E-state index in [-0.39, 0.29) is 5.91 Å². The lowest BCUT2D eigenvalue weighted by Gasteiger charge is -2.11. The molecular formula is C19H17NO2. The zero-order valence-electron chi connectivity index (χ0n) is 12.6. The lowest BCUT2D eigenvalue weighted by molar-refractivity contribution is 0.102. The summed E-state index contributed by atoms with van der Waals surface area (Å²) in [4.78, 5) is 12.6. The standard InChI is InChI=1S/C19H17NO2/c1-13-12-15(22-2)10-11-18(13)20-19(21)17-9-5-7-14-6-3-4-8-16(14)17/h3-12H,1-2H3,(H,20,21). The Morgan fingerprint density at radius 2 is 1.77 bits per heavy atom. The highest BCUT2D eigenvalue weighted by Crippen LogP contribution is 2.23. The molecule has 0 aliphatic rings. The van der Waals surface area contributed by atoms with Crippen LogP contribution in [0.3, 0.4) is 0 Å². The zero-order chi connectivity index (χ0) is 15.5. The number of amides is 1. The van der Waals surface area contributed by atoms with Gasteiger partial charge < -0.3 is 10.1 Å². The minimum Gasteiger partial charge on any atom is -0.497 e. The van der Waals surface area contributed by atoms with Crippen molar-refractivity contribution < 1.29 is 9.53 Å². The topological polar surface area (TPSA) is 38.3 Å². The Bertz CT molecular complexity index is 834. The van der Waals surface area contributed by atoms with Crippen LogP contribution in [0, 0.1) is 6.92 Å². The highest BCUT2D eigenvalue weighted by molar-refractivity contribution is 6.13. The summed E-state index contributed by atoms with van der Waals surface area (Å²) in [5.41, 5.74) is 2.43. The summed E-state index contributed by atoms with van der Waals surface area (Å²) in [5.74, 6) is 0.672. The number of methoxy groups -OCH3 is 1. The van der Waals surface area contributed by atoms with E-state index in [4.69, 9.17) is 4.74 Å². The molecule has 0 radical (unpaired) electrons. The van der Waals surface area contributed by atoms with Gasteiger partial charge in [-0.05, 0) is 47.5 Å². The molecule has 110 valence electrons. The third-order valence-corrected chi connectivity index (χ3v) is 3.72. The van der Waals surface area contributed by atoms with Crippen LogP contribution in [0.4, 0.5) is 5.69 Å². The van der Waals surface area contributed by atoms with Gasteiger partial charge in [-0.1, -0.05) is 36.4 Å². The fourth-order valence-electron chi connectivity index (χ4n) is 2.52. The molecule has 0 heterocycles. The SMILES string of the molecule is COc1ccc(NC(=O)c2cccc3ccccc23)c(C)c1. The first kappa shape index (κ1) is 14.1. The van der Waals surface area contributed by atoms with E-state index in [1.165, 1.54) is 0 Å². The molecule has 0 spiro atoms. The summed E-state index contributed by atoms with van der Waals surface area (Å²) in [6, 6.07) is 19.2. The normalized spacial score (nSPS) is 10.5. The van der Waals surface area contributed by atoms with Crippen molar-refractivity contribution in [1.82, 2.24) is 0 Å². The van der Waals surface area contributed by atoms with Crippen LogP contribution in [0.15, 0.2) is 60.7 Å². The molecule has 0 saturated heterocycles. The summed E-state index contributed by atoms with van der Waals surface area (Å²) in [5, 5.41) is 4.98. The average molecular weight is 291 g/mol. The Balaban J connectivity index is 1.94. The third-order valence-electron chi connectivity index (χ3n) is 3.72. The molecular weight excluding hydrogens is 274 g/mol. The van der Waals surface area contributed by atoms with E-state index in [9.17, 15) is 4.79 Å². The van der Waals surface area contributed by atoms with Crippen LogP contribution in [-0.4, -0.2) is 13.0 Å². The largest absolute Gasteiger partial charge is 0.497 e. The Labute approximate surface area is 129 Å². The van der Waals surface area contributed by atoms with Crippen LogP contribution in [-0.2, 0) is 0 Å². The number of hydrogen-bond acceptors (Lipinski definition) is 2. The number of hydrogen-bond donors (Lipinski definition) is 1. The first-order chi connectivity index (χ1) is 10.7. The van der Waals surface area contributed by atoms with Crippen molar-refractivity contribution in [2.45, 2.75) is 6.92 Å². The highest BCUT2D eigenvalue weighted by Gasteiger charge is 2.11. The molecule has 3 aromatic rings. The second-order valence-corrected chi connectivity index (χ2v) is 5.16. The van der Waals surface area contributed by atoms with E-state index < -0.39 is 0 Å². The predicted octanol–water partition coefficient (Wildman–Crippen LogP) is 4.41. The maximum absolute atomic E-state index is 12.6. The number of carbonyl (C=O) groups is 1. The molecule has 0 saturated carbocycles. The molecule has 1 N–H and O–H groups in total. The highest BCUT2D eigenvalue weighted by atomic mass is 16.5. The van der Waals surface area contributed by atoms with E-state index in [1.807, 2.05) is 67.6 Å². The number of aryl methyl sites for hydroxylation is 1. The fourth-order valence-corrected chi connectivity index (χ4v) is 2.52. The molecule has 0 bridgehead atoms. The van der Waals surface area contributed by atoms with E-state index in [0.717, 1.165) is 27.8 Å². The van der Waals surface area contributed by atoms with E-state index >= 15 is 0 Å². The van der Waals surface area contributed by atoms with Crippen LogP contribution in [0.2, 0.25) is 0 Å². The van der Waals surface area contributed by atoms with Gasteiger partial charge in [0.15, 0.2) is 0 Å². The first-order valence-electron chi connectivity index (χ1n) is 7.13. The van der Waals surface area contributed by atoms with Gasteiger partial charge in [0.05, 0.1) is 7.11 Å². The fraction of sp³-hybridized carbons (Fsp3) is 0.105. The van der Waals surface area contributed by atoms with Gasteiger partial charge in [-0.2, -0.15) is 0 Å². The van der Waals surface area contributed by atoms with Crippen LogP contribution in [0.25, 0.3) is 10.8 Å². The van der Waals surface area contributed by atoms with E-state index in [0.29, 0.717) is 5.56 Å². The molecule has 0 fully saturated rings. The maximum Gasteiger partial charge on any atom is 0.256 e. The maximum atomic E-state index is 12.6. The van der Waals surface area contributed by atoms with E-state index in [2.05, 4.69) is 5.32 Å². The molecule has 22 heavy (non-hydrogen) atoms. The van der Waals surface area contributed by atoms with Gasteiger partial charge in [0.25, 0.3) is 5.91 Å². The van der Waals surface area contributed by atoms with Crippen molar-refractivity contribution in [2.75, 3.05) is 12.4 Å². The molecule has 0 aliphatic heterocycles. The Morgan fingerprint density at radius 1 is 1.00 bits per heavy atom. The van der Waals surface area contributed by atoms with Crippen LogP contribution in [0.1, 0.15) is 15.9 Å². The summed E-state index contributed by atoms with van der Waals surface area (Å²) in [6.07, 6.45) is 0. The van der Waals surface area contributed by atoms with Gasteiger partial charge in [-0.15, -0.1) is 0 Å². The van der Waals surface area contributed by atoms with Gasteiger partial charge in [-0.25, -0.2) is 0 Å². The summed E-state index contributed by atoms with van der Waals surface area (Å²) in [6.45, 7) is 1.95. The summed E-state index contributed by atoms with van der Waals surface area (Å²) < 4.78 is 5.18. The van der Waals surface area contributed by atoms with Crippen molar-refractivity contribution >= 4 is 22.4 Å². The predicted molar refractivity (Wildman–Crippen MR) is 89.6 cm³/mol. The van der Waals surface area contributed by atoms with E-state index in [1.54, 1.807) is 7.11 Å². The number of rotatable bonds is 3. The number of nitrogens with one attached hydrogen (secondary N) is 1. The number of carbonyl (C=O) groups excluding carboxylic acids is 1. The number of ether oxygens (including phenoxy) is 1. The molecule has 3 nitrogen and oxygen atoms in total. The average Bonchev–Trinajstić information content (AvgIpc) is 2.56. The van der Waals surface area contributed by atoms with Crippen molar-refractivity contribution in [1.29, 1.82) is 0 Å². The molecule has 1 amide bonds. The number of benzene rings is 3. The molecule has 3 aromatic carbocycles. The van der Waals surface area contributed by atoms with Gasteiger partial charge >= 0.3 is 0 Å². The second-order valence-electron chi connectivity index (χ2n) is 5.16. The first-order valence-corrected chi connectivity index (χ1v) is 7.13. The number of fused-ring (bicyclic) bond motifs is 1. The second kappa shape index (κ2) is 5.90. The molecule has 0 aromatic heterocycles. The lowest BCUT2D eigenvalue weighted by Crippen LogP contribution is -2.13. The van der Waals surface area contributed by atoms with Crippen LogP contribution in [0.5, 0.6) is 5.75 Å². The van der Waals surface area contributed by atoms with Crippen molar-refractivity contribution in [2.24, 2.45) is 0 Å². The summed E-state index contributed by atoms with van der Waals surface area (Å²) in [7, 11) is 1.63. The van der Waals surface area contributed by atoms with Crippen LogP contribution >= 0.6 is 0 Å². The van der Waals surface area contributed by atoms with Crippen molar-refractivity contribution in [3.63, 3.8) is 0 Å². The van der Waals surface area contributed by atoms with Gasteiger partial charge in [0.1, 0.15) is 5.75 Å². The Morgan fingerprint density at radius 3 is 2.55 bits per heavy atom. The summed E-state index contributed by atoms with van der Waals surface area (Å²) >= 11 is 0. The van der Waals surface area contributed by atoms with Crippen molar-refractivity contribution in [3.8, 4) is 5.75 Å². The smallest absolute Gasteiger partial charge is 0.256 e. The minimum absolute atomic E-state index is 0.106. The van der Waals surface area contributed by atoms with Gasteiger partial charge in [0.2, 0.25) is 0 Å². The number of anilines is 1. The molecule has 0 unspecified atom stereocenters. The monoisotopic (exact) mass is 291 g/mol. The van der Waals surface area contributed by atoms with Crippen LogP contribution < -0.4 is 10.1 Å². The molecule has 3 heteroatoms. The minimum atomic E-state index is -0.106. The van der Waals surface area contributed by atoms with Gasteiger partial charge in [0, 0.05) is 11.3 Å². The quantitative estimate of drug-likeness (QED) is 0.776. The Kier molecular flexibility index (Phi) is 3.79. The molecule has 0 atom stereocenters. The molecule has 3 rings (SSSR count). The Hall–Kier alpha value is -2.81.